The van der Waals surface area contributed by atoms with Crippen LogP contribution in [-0.4, -0.2) is 29.3 Å². The minimum absolute atomic E-state index is 0.390. The van der Waals surface area contributed by atoms with Crippen molar-refractivity contribution in [3.63, 3.8) is 0 Å². The summed E-state index contributed by atoms with van der Waals surface area (Å²) in [5.41, 5.74) is 2.04. The third-order valence-electron chi connectivity index (χ3n) is 5.05. The van der Waals surface area contributed by atoms with Gasteiger partial charge in [-0.05, 0) is 49.1 Å². The highest BCUT2D eigenvalue weighted by Gasteiger charge is 2.49. The van der Waals surface area contributed by atoms with Gasteiger partial charge in [0.25, 0.3) is 5.91 Å². The van der Waals surface area contributed by atoms with Crippen molar-refractivity contribution in [2.75, 3.05) is 11.9 Å². The molecule has 29 heavy (non-hydrogen) atoms. The van der Waals surface area contributed by atoms with Gasteiger partial charge in [0.15, 0.2) is 0 Å². The van der Waals surface area contributed by atoms with E-state index in [4.69, 9.17) is 11.6 Å². The summed E-state index contributed by atoms with van der Waals surface area (Å²) >= 11 is 6.13. The summed E-state index contributed by atoms with van der Waals surface area (Å²) < 4.78 is 0. The second-order valence-corrected chi connectivity index (χ2v) is 7.83. The van der Waals surface area contributed by atoms with Crippen molar-refractivity contribution in [3.8, 4) is 0 Å². The maximum absolute atomic E-state index is 13.0. The SMILES string of the molecule is CCCc1ccc([C@]2(C)NC(=O)N(CC(=O)Nc3ccc(C)cc3Cl)C2=O)cc1. The molecule has 0 saturated carbocycles. The Morgan fingerprint density at radius 1 is 1.17 bits per heavy atom. The van der Waals surface area contributed by atoms with Gasteiger partial charge >= 0.3 is 6.03 Å². The van der Waals surface area contributed by atoms with Crippen molar-refractivity contribution in [1.82, 2.24) is 10.2 Å². The van der Waals surface area contributed by atoms with E-state index in [2.05, 4.69) is 17.6 Å². The lowest BCUT2D eigenvalue weighted by Gasteiger charge is -2.22. The Morgan fingerprint density at radius 2 is 1.86 bits per heavy atom. The number of nitrogens with zero attached hydrogens (tertiary/aromatic N) is 1. The second kappa shape index (κ2) is 8.25. The van der Waals surface area contributed by atoms with Crippen LogP contribution in [-0.2, 0) is 21.5 Å². The number of halogens is 1. The van der Waals surface area contributed by atoms with Crippen molar-refractivity contribution in [3.05, 3.63) is 64.2 Å². The number of anilines is 1. The number of benzene rings is 2. The molecule has 2 aromatic carbocycles. The molecule has 1 atom stereocenters. The molecule has 1 fully saturated rings. The Balaban J connectivity index is 1.73. The molecule has 1 heterocycles. The molecule has 6 nitrogen and oxygen atoms in total. The highest BCUT2D eigenvalue weighted by atomic mass is 35.5. The van der Waals surface area contributed by atoms with Crippen LogP contribution in [0.2, 0.25) is 5.02 Å². The molecule has 0 bridgehead atoms. The zero-order valence-electron chi connectivity index (χ0n) is 16.7. The van der Waals surface area contributed by atoms with Gasteiger partial charge in [0.1, 0.15) is 12.1 Å². The molecule has 152 valence electrons. The topological polar surface area (TPSA) is 78.5 Å². The number of hydrogen-bond acceptors (Lipinski definition) is 3. The number of urea groups is 1. The van der Waals surface area contributed by atoms with Crippen molar-refractivity contribution in [1.29, 1.82) is 0 Å². The highest BCUT2D eigenvalue weighted by Crippen LogP contribution is 2.29. The second-order valence-electron chi connectivity index (χ2n) is 7.42. The van der Waals surface area contributed by atoms with E-state index < -0.39 is 29.9 Å². The number of carbonyl (C=O) groups excluding carboxylic acids is 3. The third kappa shape index (κ3) is 4.27. The van der Waals surface area contributed by atoms with E-state index in [0.29, 0.717) is 16.3 Å². The fourth-order valence-corrected chi connectivity index (χ4v) is 3.67. The van der Waals surface area contributed by atoms with E-state index in [0.717, 1.165) is 23.3 Å². The Hall–Kier alpha value is -2.86. The molecule has 1 aliphatic heterocycles. The largest absolute Gasteiger partial charge is 0.325 e. The number of carbonyl (C=O) groups is 3. The zero-order valence-corrected chi connectivity index (χ0v) is 17.5. The van der Waals surface area contributed by atoms with Gasteiger partial charge in [-0.2, -0.15) is 0 Å². The molecular weight excluding hydrogens is 390 g/mol. The maximum atomic E-state index is 13.0. The summed E-state index contributed by atoms with van der Waals surface area (Å²) in [7, 11) is 0. The van der Waals surface area contributed by atoms with Crippen molar-refractivity contribution in [2.45, 2.75) is 39.2 Å². The van der Waals surface area contributed by atoms with Crippen LogP contribution in [0.5, 0.6) is 0 Å². The van der Waals surface area contributed by atoms with Gasteiger partial charge in [-0.1, -0.05) is 55.3 Å². The summed E-state index contributed by atoms with van der Waals surface area (Å²) in [4.78, 5) is 38.8. The van der Waals surface area contributed by atoms with Gasteiger partial charge in [0, 0.05) is 0 Å². The number of imide groups is 1. The molecule has 0 spiro atoms. The number of amides is 4. The van der Waals surface area contributed by atoms with E-state index in [1.54, 1.807) is 19.1 Å². The van der Waals surface area contributed by atoms with Crippen LogP contribution < -0.4 is 10.6 Å². The van der Waals surface area contributed by atoms with E-state index >= 15 is 0 Å². The minimum atomic E-state index is -1.20. The fourth-order valence-electron chi connectivity index (χ4n) is 3.38. The first-order valence-corrected chi connectivity index (χ1v) is 9.92. The minimum Gasteiger partial charge on any atom is -0.323 e. The van der Waals surface area contributed by atoms with Crippen LogP contribution >= 0.6 is 11.6 Å². The van der Waals surface area contributed by atoms with Crippen LogP contribution in [0.15, 0.2) is 42.5 Å². The smallest absolute Gasteiger partial charge is 0.323 e. The fraction of sp³-hybridized carbons (Fsp3) is 0.318. The average molecular weight is 414 g/mol. The van der Waals surface area contributed by atoms with Gasteiger partial charge in [-0.3, -0.25) is 14.5 Å². The number of aryl methyl sites for hydroxylation is 2. The molecule has 0 radical (unpaired) electrons. The molecule has 3 rings (SSSR count). The molecule has 0 aromatic heterocycles. The Labute approximate surface area is 175 Å². The highest BCUT2D eigenvalue weighted by molar-refractivity contribution is 6.33. The molecule has 1 aliphatic rings. The molecule has 2 aromatic rings. The van der Waals surface area contributed by atoms with E-state index in [-0.39, 0.29) is 0 Å². The maximum Gasteiger partial charge on any atom is 0.325 e. The van der Waals surface area contributed by atoms with Crippen molar-refractivity contribution < 1.29 is 14.4 Å². The predicted molar refractivity (Wildman–Crippen MR) is 113 cm³/mol. The first-order chi connectivity index (χ1) is 13.7. The average Bonchev–Trinajstić information content (AvgIpc) is 2.89. The molecule has 0 aliphatic carbocycles. The molecular formula is C22H24ClN3O3. The van der Waals surface area contributed by atoms with Crippen LogP contribution in [0.4, 0.5) is 10.5 Å². The van der Waals surface area contributed by atoms with Crippen LogP contribution in [0.25, 0.3) is 0 Å². The summed E-state index contributed by atoms with van der Waals surface area (Å²) in [6, 6.07) is 12.2. The van der Waals surface area contributed by atoms with Gasteiger partial charge in [0.05, 0.1) is 10.7 Å². The van der Waals surface area contributed by atoms with Gasteiger partial charge in [0.2, 0.25) is 5.91 Å². The lowest BCUT2D eigenvalue weighted by molar-refractivity contribution is -0.133. The number of nitrogens with one attached hydrogen (secondary N) is 2. The lowest BCUT2D eigenvalue weighted by atomic mass is 9.91. The zero-order chi connectivity index (χ0) is 21.2. The summed E-state index contributed by atoms with van der Waals surface area (Å²) in [6.45, 7) is 5.25. The van der Waals surface area contributed by atoms with Crippen LogP contribution in [0.1, 0.15) is 37.0 Å². The molecule has 1 saturated heterocycles. The Bertz CT molecular complexity index is 958. The third-order valence-corrected chi connectivity index (χ3v) is 5.36. The molecule has 0 unspecified atom stereocenters. The molecule has 7 heteroatoms. The summed E-state index contributed by atoms with van der Waals surface area (Å²) in [6.07, 6.45) is 1.98. The lowest BCUT2D eigenvalue weighted by Crippen LogP contribution is -2.42. The van der Waals surface area contributed by atoms with Crippen LogP contribution in [0, 0.1) is 6.92 Å². The first-order valence-electron chi connectivity index (χ1n) is 9.54. The van der Waals surface area contributed by atoms with E-state index in [1.807, 2.05) is 37.3 Å². The molecule has 2 N–H and O–H groups in total. The van der Waals surface area contributed by atoms with Gasteiger partial charge in [-0.15, -0.1) is 0 Å². The Morgan fingerprint density at radius 3 is 2.48 bits per heavy atom. The predicted octanol–water partition coefficient (Wildman–Crippen LogP) is 4.01. The quantitative estimate of drug-likeness (QED) is 0.702. The molecule has 4 amide bonds. The summed E-state index contributed by atoms with van der Waals surface area (Å²) in [5.74, 6) is -0.960. The number of hydrogen-bond donors (Lipinski definition) is 2. The van der Waals surface area contributed by atoms with E-state index in [9.17, 15) is 14.4 Å². The van der Waals surface area contributed by atoms with Crippen molar-refractivity contribution in [2.24, 2.45) is 0 Å². The summed E-state index contributed by atoms with van der Waals surface area (Å²) in [5, 5.41) is 5.76. The number of rotatable bonds is 6. The Kier molecular flexibility index (Phi) is 5.94. The van der Waals surface area contributed by atoms with Crippen molar-refractivity contribution >= 4 is 35.1 Å². The van der Waals surface area contributed by atoms with Gasteiger partial charge < -0.3 is 10.6 Å². The van der Waals surface area contributed by atoms with Crippen LogP contribution in [0.3, 0.4) is 0 Å². The van der Waals surface area contributed by atoms with E-state index in [1.165, 1.54) is 5.56 Å². The standard InChI is InChI=1S/C22H24ClN3O3/c1-4-5-15-7-9-16(10-8-15)22(3)20(28)26(21(29)25-22)13-19(27)24-18-11-6-14(2)12-17(18)23/h6-12H,4-5,13H2,1-3H3,(H,24,27)(H,25,29)/t22-/m0/s1. The normalized spacial score (nSPS) is 18.7. The first kappa shape index (κ1) is 20.9. The monoisotopic (exact) mass is 413 g/mol. The van der Waals surface area contributed by atoms with Gasteiger partial charge in [-0.25, -0.2) is 4.79 Å².